The smallest absolute Gasteiger partial charge is 0.310 e. The van der Waals surface area contributed by atoms with Crippen molar-refractivity contribution in [3.63, 3.8) is 0 Å². The Labute approximate surface area is 164 Å². The van der Waals surface area contributed by atoms with Crippen LogP contribution in [0.15, 0.2) is 46.9 Å². The Morgan fingerprint density at radius 2 is 1.89 bits per heavy atom. The van der Waals surface area contributed by atoms with Gasteiger partial charge in [0.2, 0.25) is 0 Å². The van der Waals surface area contributed by atoms with Gasteiger partial charge in [-0.25, -0.2) is 0 Å². The van der Waals surface area contributed by atoms with E-state index >= 15 is 0 Å². The van der Waals surface area contributed by atoms with Crippen LogP contribution >= 0.6 is 0 Å². The Kier molecular flexibility index (Phi) is 5.75. The first-order chi connectivity index (χ1) is 13.2. The maximum atomic E-state index is 12.2. The first-order valence-electron chi connectivity index (χ1n) is 9.30. The molecule has 0 atom stereocenters. The van der Waals surface area contributed by atoms with Crippen LogP contribution in [-0.2, 0) is 29.2 Å². The Morgan fingerprint density at radius 3 is 2.61 bits per heavy atom. The number of aliphatic hydroxyl groups is 1. The molecule has 5 heteroatoms. The quantitative estimate of drug-likeness (QED) is 0.626. The lowest BCUT2D eigenvalue weighted by atomic mass is 10.1. The van der Waals surface area contributed by atoms with Crippen molar-refractivity contribution in [3.8, 4) is 5.75 Å². The Morgan fingerprint density at radius 1 is 1.14 bits per heavy atom. The number of carbonyl (C=O) groups is 1. The van der Waals surface area contributed by atoms with E-state index in [0.29, 0.717) is 11.5 Å². The molecule has 148 valence electrons. The van der Waals surface area contributed by atoms with Crippen molar-refractivity contribution >= 4 is 16.9 Å². The first kappa shape index (κ1) is 20.0. The molecule has 0 bridgehead atoms. The van der Waals surface area contributed by atoms with Gasteiger partial charge in [-0.3, -0.25) is 4.79 Å². The topological polar surface area (TPSA) is 68.9 Å². The lowest BCUT2D eigenvalue weighted by molar-refractivity contribution is -0.153. The van der Waals surface area contributed by atoms with Gasteiger partial charge in [-0.05, 0) is 57.0 Å². The molecule has 1 aromatic heterocycles. The summed E-state index contributed by atoms with van der Waals surface area (Å²) in [7, 11) is 0. The van der Waals surface area contributed by atoms with Crippen molar-refractivity contribution in [3.05, 3.63) is 64.9 Å². The molecule has 0 spiro atoms. The van der Waals surface area contributed by atoms with Crippen LogP contribution in [0.4, 0.5) is 0 Å². The monoisotopic (exact) mass is 382 g/mol. The number of aryl methyl sites for hydroxylation is 1. The number of ether oxygens (including phenoxy) is 2. The standard InChI is InChI=1S/C23H26O5/c1-15-9-16(13-24)10-18-11-19(27-22(15)18)14-26-20-8-6-5-7-17(20)12-21(25)28-23(2,3)4/h5-11,24H,12-14H2,1-4H3. The van der Waals surface area contributed by atoms with E-state index < -0.39 is 5.60 Å². The van der Waals surface area contributed by atoms with Crippen molar-refractivity contribution in [1.29, 1.82) is 0 Å². The molecule has 0 saturated carbocycles. The molecule has 3 aromatic rings. The van der Waals surface area contributed by atoms with Crippen LogP contribution in [0.25, 0.3) is 11.0 Å². The fourth-order valence-corrected chi connectivity index (χ4v) is 3.09. The molecule has 1 heterocycles. The van der Waals surface area contributed by atoms with Crippen LogP contribution in [0.1, 0.15) is 43.2 Å². The van der Waals surface area contributed by atoms with Crippen molar-refractivity contribution in [1.82, 2.24) is 0 Å². The predicted octanol–water partition coefficient (Wildman–Crippen LogP) is 4.70. The van der Waals surface area contributed by atoms with Crippen LogP contribution in [0.5, 0.6) is 5.75 Å². The summed E-state index contributed by atoms with van der Waals surface area (Å²) in [5.74, 6) is 1.02. The number of rotatable bonds is 6. The summed E-state index contributed by atoms with van der Waals surface area (Å²) in [6.45, 7) is 7.72. The largest absolute Gasteiger partial charge is 0.485 e. The normalized spacial score (nSPS) is 11.6. The van der Waals surface area contributed by atoms with Crippen molar-refractivity contribution in [2.75, 3.05) is 0 Å². The summed E-state index contributed by atoms with van der Waals surface area (Å²) in [4.78, 5) is 12.2. The second-order valence-electron chi connectivity index (χ2n) is 7.86. The van der Waals surface area contributed by atoms with Crippen LogP contribution in [0.2, 0.25) is 0 Å². The van der Waals surface area contributed by atoms with Gasteiger partial charge in [0.1, 0.15) is 29.3 Å². The fourth-order valence-electron chi connectivity index (χ4n) is 3.09. The summed E-state index contributed by atoms with van der Waals surface area (Å²) in [5, 5.41) is 10.3. The van der Waals surface area contributed by atoms with Gasteiger partial charge in [-0.15, -0.1) is 0 Å². The molecular weight excluding hydrogens is 356 g/mol. The zero-order valence-corrected chi connectivity index (χ0v) is 16.7. The highest BCUT2D eigenvalue weighted by atomic mass is 16.6. The van der Waals surface area contributed by atoms with E-state index in [1.807, 2.05) is 70.2 Å². The van der Waals surface area contributed by atoms with E-state index in [2.05, 4.69) is 0 Å². The molecule has 3 rings (SSSR count). The Bertz CT molecular complexity index is 978. The minimum absolute atomic E-state index is 0.00810. The molecule has 0 fully saturated rings. The summed E-state index contributed by atoms with van der Waals surface area (Å²) in [6.07, 6.45) is 0.145. The number of fused-ring (bicyclic) bond motifs is 1. The molecule has 0 aliphatic rings. The molecule has 0 saturated heterocycles. The highest BCUT2D eigenvalue weighted by Crippen LogP contribution is 2.27. The third-order valence-electron chi connectivity index (χ3n) is 4.19. The molecule has 0 radical (unpaired) electrons. The molecule has 1 N–H and O–H groups in total. The second-order valence-corrected chi connectivity index (χ2v) is 7.86. The van der Waals surface area contributed by atoms with E-state index in [0.717, 1.165) is 27.7 Å². The van der Waals surface area contributed by atoms with Gasteiger partial charge >= 0.3 is 5.97 Å². The number of para-hydroxylation sites is 1. The third-order valence-corrected chi connectivity index (χ3v) is 4.19. The third kappa shape index (κ3) is 4.93. The molecule has 2 aromatic carbocycles. The van der Waals surface area contributed by atoms with E-state index in [4.69, 9.17) is 13.9 Å². The summed E-state index contributed by atoms with van der Waals surface area (Å²) in [6, 6.07) is 13.2. The number of furan rings is 1. The van der Waals surface area contributed by atoms with Gasteiger partial charge < -0.3 is 19.0 Å². The molecular formula is C23H26O5. The van der Waals surface area contributed by atoms with Crippen LogP contribution in [0, 0.1) is 6.92 Å². The minimum atomic E-state index is -0.521. The molecule has 0 unspecified atom stereocenters. The van der Waals surface area contributed by atoms with Gasteiger partial charge in [0, 0.05) is 10.9 Å². The lowest BCUT2D eigenvalue weighted by Crippen LogP contribution is -2.25. The highest BCUT2D eigenvalue weighted by Gasteiger charge is 2.18. The number of hydrogen-bond donors (Lipinski definition) is 1. The Hall–Kier alpha value is -2.79. The number of carbonyl (C=O) groups excluding carboxylic acids is 1. The zero-order chi connectivity index (χ0) is 20.3. The van der Waals surface area contributed by atoms with Gasteiger partial charge in [-0.1, -0.05) is 24.3 Å². The van der Waals surface area contributed by atoms with Gasteiger partial charge in [-0.2, -0.15) is 0 Å². The maximum absolute atomic E-state index is 12.2. The van der Waals surface area contributed by atoms with Crippen LogP contribution < -0.4 is 4.74 Å². The zero-order valence-electron chi connectivity index (χ0n) is 16.7. The van der Waals surface area contributed by atoms with Crippen molar-refractivity contribution in [2.45, 2.75) is 52.9 Å². The molecule has 0 amide bonds. The molecule has 28 heavy (non-hydrogen) atoms. The van der Waals surface area contributed by atoms with E-state index in [-0.39, 0.29) is 25.6 Å². The minimum Gasteiger partial charge on any atom is -0.485 e. The van der Waals surface area contributed by atoms with E-state index in [1.54, 1.807) is 0 Å². The Balaban J connectivity index is 1.74. The van der Waals surface area contributed by atoms with Crippen molar-refractivity contribution in [2.24, 2.45) is 0 Å². The summed E-state index contributed by atoms with van der Waals surface area (Å²) >= 11 is 0. The molecule has 0 aliphatic heterocycles. The number of hydrogen-bond acceptors (Lipinski definition) is 5. The lowest BCUT2D eigenvalue weighted by Gasteiger charge is -2.20. The summed E-state index contributed by atoms with van der Waals surface area (Å²) in [5.41, 5.74) is 2.86. The van der Waals surface area contributed by atoms with Crippen LogP contribution in [0.3, 0.4) is 0 Å². The van der Waals surface area contributed by atoms with Gasteiger partial charge in [0.25, 0.3) is 0 Å². The van der Waals surface area contributed by atoms with Crippen LogP contribution in [-0.4, -0.2) is 16.7 Å². The maximum Gasteiger partial charge on any atom is 0.310 e. The predicted molar refractivity (Wildman–Crippen MR) is 107 cm³/mol. The van der Waals surface area contributed by atoms with E-state index in [9.17, 15) is 9.90 Å². The molecule has 0 aliphatic carbocycles. The highest BCUT2D eigenvalue weighted by molar-refractivity contribution is 5.81. The SMILES string of the molecule is Cc1cc(CO)cc2cc(COc3ccccc3CC(=O)OC(C)(C)C)oc12. The number of esters is 1. The van der Waals surface area contributed by atoms with Gasteiger partial charge in [0.05, 0.1) is 13.0 Å². The first-order valence-corrected chi connectivity index (χ1v) is 9.30. The average Bonchev–Trinajstić information content (AvgIpc) is 3.03. The second kappa shape index (κ2) is 8.07. The molecule has 5 nitrogen and oxygen atoms in total. The number of aliphatic hydroxyl groups excluding tert-OH is 1. The van der Waals surface area contributed by atoms with E-state index in [1.165, 1.54) is 0 Å². The van der Waals surface area contributed by atoms with Gasteiger partial charge in [0.15, 0.2) is 0 Å². The van der Waals surface area contributed by atoms with Crippen molar-refractivity contribution < 1.29 is 23.8 Å². The number of benzene rings is 2. The summed E-state index contributed by atoms with van der Waals surface area (Å²) < 4.78 is 17.2. The average molecular weight is 382 g/mol. The fraction of sp³-hybridized carbons (Fsp3) is 0.348.